The number of nitrogens with zero attached hydrogens (tertiary/aromatic N) is 1. The second-order valence-electron chi connectivity index (χ2n) is 8.48. The number of anilines is 2. The van der Waals surface area contributed by atoms with Crippen molar-refractivity contribution in [1.82, 2.24) is 4.98 Å². The van der Waals surface area contributed by atoms with Crippen molar-refractivity contribution >= 4 is 40.1 Å². The first kappa shape index (κ1) is 24.0. The first-order valence-electron chi connectivity index (χ1n) is 11.6. The number of H-pyrrole nitrogens is 1. The number of hydrogen-bond donors (Lipinski definition) is 4. The van der Waals surface area contributed by atoms with Crippen LogP contribution in [0.2, 0.25) is 0 Å². The summed E-state index contributed by atoms with van der Waals surface area (Å²) in [7, 11) is 0. The third-order valence-corrected chi connectivity index (χ3v) is 6.03. The van der Waals surface area contributed by atoms with E-state index in [2.05, 4.69) is 15.6 Å². The molecule has 1 heterocycles. The van der Waals surface area contributed by atoms with Crippen molar-refractivity contribution in [1.29, 1.82) is 5.26 Å². The van der Waals surface area contributed by atoms with E-state index in [0.717, 1.165) is 11.1 Å². The number of carboxylic acid groups (broad SMARTS) is 1. The summed E-state index contributed by atoms with van der Waals surface area (Å²) in [5.74, 6) is -2.14. The SMILES string of the molecule is N#Cc1ccc(NC(=O)c2cc3cccc(NC(=O)c4ccc(-c5ccccc5)cc4)c3[nH]2)c(C(=O)O)c1. The summed E-state index contributed by atoms with van der Waals surface area (Å²) in [6, 6.07) is 29.9. The molecule has 38 heavy (non-hydrogen) atoms. The monoisotopic (exact) mass is 500 g/mol. The molecule has 0 radical (unpaired) electrons. The van der Waals surface area contributed by atoms with Crippen LogP contribution in [0.15, 0.2) is 97.1 Å². The number of rotatable bonds is 6. The third-order valence-electron chi connectivity index (χ3n) is 6.03. The van der Waals surface area contributed by atoms with Gasteiger partial charge in [0, 0.05) is 10.9 Å². The van der Waals surface area contributed by atoms with Gasteiger partial charge in [0.25, 0.3) is 11.8 Å². The second-order valence-corrected chi connectivity index (χ2v) is 8.48. The Bertz CT molecular complexity index is 1730. The predicted molar refractivity (Wildman–Crippen MR) is 144 cm³/mol. The fraction of sp³-hybridized carbons (Fsp3) is 0. The molecule has 4 aromatic carbocycles. The Morgan fingerprint density at radius 2 is 1.45 bits per heavy atom. The minimum atomic E-state index is -1.27. The van der Waals surface area contributed by atoms with Gasteiger partial charge in [-0.15, -0.1) is 0 Å². The van der Waals surface area contributed by atoms with Crippen LogP contribution in [0.25, 0.3) is 22.0 Å². The lowest BCUT2D eigenvalue weighted by atomic mass is 10.0. The average molecular weight is 501 g/mol. The highest BCUT2D eigenvalue weighted by Crippen LogP contribution is 2.26. The van der Waals surface area contributed by atoms with Gasteiger partial charge in [0.1, 0.15) is 5.69 Å². The van der Waals surface area contributed by atoms with Crippen molar-refractivity contribution in [2.75, 3.05) is 10.6 Å². The van der Waals surface area contributed by atoms with Crippen molar-refractivity contribution < 1.29 is 19.5 Å². The molecule has 5 rings (SSSR count). The molecule has 184 valence electrons. The highest BCUT2D eigenvalue weighted by Gasteiger charge is 2.17. The van der Waals surface area contributed by atoms with Crippen LogP contribution >= 0.6 is 0 Å². The molecular formula is C30H20N4O4. The lowest BCUT2D eigenvalue weighted by Crippen LogP contribution is -2.15. The lowest BCUT2D eigenvalue weighted by molar-refractivity contribution is 0.0697. The standard InChI is InChI=1S/C30H20N4O4/c31-17-18-9-14-24(23(15-18)30(37)38)33-29(36)26-16-22-7-4-8-25(27(22)32-26)34-28(35)21-12-10-20(11-13-21)19-5-2-1-3-6-19/h1-16,32H,(H,33,36)(H,34,35)(H,37,38). The van der Waals surface area contributed by atoms with Gasteiger partial charge in [0.2, 0.25) is 0 Å². The zero-order valence-corrected chi connectivity index (χ0v) is 19.9. The molecular weight excluding hydrogens is 480 g/mol. The number of nitriles is 1. The first-order chi connectivity index (χ1) is 18.4. The number of fused-ring (bicyclic) bond motifs is 1. The van der Waals surface area contributed by atoms with E-state index in [9.17, 15) is 19.5 Å². The van der Waals surface area contributed by atoms with Gasteiger partial charge in [-0.2, -0.15) is 5.26 Å². The summed E-state index contributed by atoms with van der Waals surface area (Å²) in [5, 5.41) is 24.6. The molecule has 0 fully saturated rings. The van der Waals surface area contributed by atoms with Gasteiger partial charge in [-0.05, 0) is 53.6 Å². The summed E-state index contributed by atoms with van der Waals surface area (Å²) in [6.45, 7) is 0. The van der Waals surface area contributed by atoms with Gasteiger partial charge >= 0.3 is 5.97 Å². The van der Waals surface area contributed by atoms with Gasteiger partial charge in [-0.25, -0.2) is 4.79 Å². The Hall–Kier alpha value is -5.68. The minimum absolute atomic E-state index is 0.0626. The second kappa shape index (κ2) is 10.1. The average Bonchev–Trinajstić information content (AvgIpc) is 3.39. The number of amides is 2. The van der Waals surface area contributed by atoms with E-state index in [1.165, 1.54) is 18.2 Å². The van der Waals surface area contributed by atoms with E-state index < -0.39 is 11.9 Å². The molecule has 0 saturated heterocycles. The van der Waals surface area contributed by atoms with Crippen LogP contribution in [-0.4, -0.2) is 27.9 Å². The molecule has 0 unspecified atom stereocenters. The van der Waals surface area contributed by atoms with Crippen LogP contribution in [0.3, 0.4) is 0 Å². The number of aromatic amines is 1. The van der Waals surface area contributed by atoms with Crippen LogP contribution in [0, 0.1) is 11.3 Å². The highest BCUT2D eigenvalue weighted by atomic mass is 16.4. The third kappa shape index (κ3) is 4.85. The van der Waals surface area contributed by atoms with E-state index in [1.54, 1.807) is 36.4 Å². The van der Waals surface area contributed by atoms with Crippen molar-refractivity contribution in [3.8, 4) is 17.2 Å². The molecule has 2 amide bonds. The van der Waals surface area contributed by atoms with Gasteiger partial charge in [-0.1, -0.05) is 54.6 Å². The summed E-state index contributed by atoms with van der Waals surface area (Å²) in [5.41, 5.74) is 3.78. The zero-order valence-electron chi connectivity index (χ0n) is 19.9. The molecule has 8 heteroatoms. The largest absolute Gasteiger partial charge is 0.478 e. The number of para-hydroxylation sites is 1. The molecule has 0 aliphatic heterocycles. The summed E-state index contributed by atoms with van der Waals surface area (Å²) >= 11 is 0. The molecule has 0 aliphatic carbocycles. The van der Waals surface area contributed by atoms with Crippen molar-refractivity contribution in [2.45, 2.75) is 0 Å². The van der Waals surface area contributed by atoms with Gasteiger partial charge in [0.05, 0.1) is 34.1 Å². The maximum Gasteiger partial charge on any atom is 0.337 e. The molecule has 0 spiro atoms. The van der Waals surface area contributed by atoms with Gasteiger partial charge in [-0.3, -0.25) is 9.59 Å². The van der Waals surface area contributed by atoms with Gasteiger partial charge < -0.3 is 20.7 Å². The maximum absolute atomic E-state index is 13.0. The van der Waals surface area contributed by atoms with Crippen LogP contribution in [0.5, 0.6) is 0 Å². The number of aromatic carboxylic acids is 1. The van der Waals surface area contributed by atoms with Crippen molar-refractivity contribution in [3.05, 3.63) is 119 Å². The maximum atomic E-state index is 13.0. The van der Waals surface area contributed by atoms with Crippen LogP contribution in [-0.2, 0) is 0 Å². The summed E-state index contributed by atoms with van der Waals surface area (Å²) in [4.78, 5) is 40.5. The lowest BCUT2D eigenvalue weighted by Gasteiger charge is -2.08. The predicted octanol–water partition coefficient (Wildman–Crippen LogP) is 5.91. The highest BCUT2D eigenvalue weighted by molar-refractivity contribution is 6.12. The Morgan fingerprint density at radius 3 is 2.16 bits per heavy atom. The van der Waals surface area contributed by atoms with Crippen LogP contribution in [0.1, 0.15) is 36.8 Å². The fourth-order valence-corrected chi connectivity index (χ4v) is 4.11. The Labute approximate surface area is 217 Å². The van der Waals surface area contributed by atoms with E-state index in [1.807, 2.05) is 48.5 Å². The summed E-state index contributed by atoms with van der Waals surface area (Å²) < 4.78 is 0. The number of hydrogen-bond acceptors (Lipinski definition) is 4. The topological polar surface area (TPSA) is 135 Å². The summed E-state index contributed by atoms with van der Waals surface area (Å²) in [6.07, 6.45) is 0. The molecule has 5 aromatic rings. The number of carbonyl (C=O) groups is 3. The number of carboxylic acids is 1. The van der Waals surface area contributed by atoms with Gasteiger partial charge in [0.15, 0.2) is 0 Å². The number of aromatic nitrogens is 1. The molecule has 0 aliphatic rings. The quantitative estimate of drug-likeness (QED) is 0.230. The smallest absolute Gasteiger partial charge is 0.337 e. The Morgan fingerprint density at radius 1 is 0.737 bits per heavy atom. The van der Waals surface area contributed by atoms with Crippen LogP contribution < -0.4 is 10.6 Å². The molecule has 0 atom stereocenters. The molecule has 8 nitrogen and oxygen atoms in total. The first-order valence-corrected chi connectivity index (χ1v) is 11.6. The Kier molecular flexibility index (Phi) is 6.41. The number of nitrogens with one attached hydrogen (secondary N) is 3. The molecule has 1 aromatic heterocycles. The van der Waals surface area contributed by atoms with E-state index in [-0.39, 0.29) is 28.4 Å². The molecule has 4 N–H and O–H groups in total. The molecule has 0 bridgehead atoms. The van der Waals surface area contributed by atoms with E-state index in [0.29, 0.717) is 22.2 Å². The van der Waals surface area contributed by atoms with Crippen LogP contribution in [0.4, 0.5) is 11.4 Å². The van der Waals surface area contributed by atoms with E-state index in [4.69, 9.17) is 5.26 Å². The molecule has 0 saturated carbocycles. The normalized spacial score (nSPS) is 10.5. The van der Waals surface area contributed by atoms with E-state index >= 15 is 0 Å². The van der Waals surface area contributed by atoms with Crippen molar-refractivity contribution in [3.63, 3.8) is 0 Å². The van der Waals surface area contributed by atoms with Crippen molar-refractivity contribution in [2.24, 2.45) is 0 Å². The minimum Gasteiger partial charge on any atom is -0.478 e. The number of carbonyl (C=O) groups excluding carboxylic acids is 2. The number of benzene rings is 4. The zero-order chi connectivity index (χ0) is 26.6. The Balaban J connectivity index is 1.36. The fourth-order valence-electron chi connectivity index (χ4n) is 4.11.